The summed E-state index contributed by atoms with van der Waals surface area (Å²) < 4.78 is 5.23. The van der Waals surface area contributed by atoms with E-state index in [1.807, 2.05) is 25.2 Å². The van der Waals surface area contributed by atoms with E-state index in [-0.39, 0.29) is 5.69 Å². The lowest BCUT2D eigenvalue weighted by atomic mass is 10.3. The van der Waals surface area contributed by atoms with E-state index in [0.29, 0.717) is 24.1 Å². The van der Waals surface area contributed by atoms with Gasteiger partial charge >= 0.3 is 0 Å². The molecule has 0 N–H and O–H groups in total. The van der Waals surface area contributed by atoms with Gasteiger partial charge in [-0.3, -0.25) is 4.98 Å². The van der Waals surface area contributed by atoms with Gasteiger partial charge in [-0.2, -0.15) is 10.2 Å². The summed E-state index contributed by atoms with van der Waals surface area (Å²) in [7, 11) is 1.82. The maximum atomic E-state index is 8.71. The number of nitrogens with zero attached hydrogens (tertiary/aromatic N) is 7. The first-order valence-corrected chi connectivity index (χ1v) is 6.42. The average molecular weight is 293 g/mol. The fraction of sp³-hybridized carbons (Fsp3) is 0.143. The molecule has 0 saturated carbocycles. The van der Waals surface area contributed by atoms with Crippen molar-refractivity contribution in [1.82, 2.24) is 25.1 Å². The second-order valence-electron chi connectivity index (χ2n) is 4.48. The highest BCUT2D eigenvalue weighted by Gasteiger charge is 2.12. The fourth-order valence-corrected chi connectivity index (χ4v) is 1.79. The zero-order valence-electron chi connectivity index (χ0n) is 11.7. The van der Waals surface area contributed by atoms with Crippen molar-refractivity contribution in [3.05, 3.63) is 48.5 Å². The maximum Gasteiger partial charge on any atom is 0.246 e. The molecule has 0 aromatic carbocycles. The van der Waals surface area contributed by atoms with Crippen LogP contribution in [-0.2, 0) is 6.54 Å². The molecular formula is C14H11N7O. The number of pyridine rings is 1. The summed E-state index contributed by atoms with van der Waals surface area (Å²) in [6.45, 7) is 0.383. The first-order chi connectivity index (χ1) is 10.8. The van der Waals surface area contributed by atoms with Crippen molar-refractivity contribution in [3.8, 4) is 17.5 Å². The normalized spacial score (nSPS) is 10.2. The predicted molar refractivity (Wildman–Crippen MR) is 76.4 cm³/mol. The van der Waals surface area contributed by atoms with Crippen molar-refractivity contribution in [2.45, 2.75) is 6.54 Å². The Morgan fingerprint density at radius 1 is 1.27 bits per heavy atom. The molecule has 0 fully saturated rings. The van der Waals surface area contributed by atoms with Gasteiger partial charge in [0.2, 0.25) is 11.7 Å². The quantitative estimate of drug-likeness (QED) is 0.711. The highest BCUT2D eigenvalue weighted by Crippen LogP contribution is 2.16. The summed E-state index contributed by atoms with van der Waals surface area (Å²) in [5.74, 6) is 1.55. The maximum absolute atomic E-state index is 8.71. The van der Waals surface area contributed by atoms with E-state index < -0.39 is 0 Å². The van der Waals surface area contributed by atoms with Crippen LogP contribution in [0.4, 0.5) is 5.82 Å². The molecule has 108 valence electrons. The molecule has 3 aromatic heterocycles. The number of aromatic nitrogens is 5. The van der Waals surface area contributed by atoms with Gasteiger partial charge in [-0.25, -0.2) is 9.97 Å². The molecule has 0 unspecified atom stereocenters. The van der Waals surface area contributed by atoms with Crippen LogP contribution in [0, 0.1) is 11.3 Å². The summed E-state index contributed by atoms with van der Waals surface area (Å²) in [6, 6.07) is 5.59. The number of hydrogen-bond acceptors (Lipinski definition) is 8. The minimum atomic E-state index is 0.272. The fourth-order valence-electron chi connectivity index (χ4n) is 1.79. The Hall–Kier alpha value is -3.34. The summed E-state index contributed by atoms with van der Waals surface area (Å²) >= 11 is 0. The van der Waals surface area contributed by atoms with E-state index >= 15 is 0 Å². The molecule has 8 nitrogen and oxygen atoms in total. The Balaban J connectivity index is 1.73. The SMILES string of the molecule is CN(Cc1nc(-c2cccnc2)no1)c1cnc(C#N)cn1. The van der Waals surface area contributed by atoms with Crippen LogP contribution in [0.3, 0.4) is 0 Å². The Bertz CT molecular complexity index is 792. The zero-order chi connectivity index (χ0) is 15.4. The molecule has 0 aliphatic carbocycles. The second-order valence-corrected chi connectivity index (χ2v) is 4.48. The Labute approximate surface area is 126 Å². The summed E-state index contributed by atoms with van der Waals surface area (Å²) in [6.07, 6.45) is 6.30. The van der Waals surface area contributed by atoms with Crippen LogP contribution in [0.2, 0.25) is 0 Å². The van der Waals surface area contributed by atoms with Crippen LogP contribution in [0.15, 0.2) is 41.4 Å². The Kier molecular flexibility index (Phi) is 3.70. The van der Waals surface area contributed by atoms with Crippen LogP contribution >= 0.6 is 0 Å². The smallest absolute Gasteiger partial charge is 0.246 e. The van der Waals surface area contributed by atoms with Gasteiger partial charge in [0.1, 0.15) is 11.9 Å². The van der Waals surface area contributed by atoms with E-state index in [1.54, 1.807) is 17.3 Å². The molecule has 0 aliphatic rings. The Morgan fingerprint density at radius 2 is 2.18 bits per heavy atom. The van der Waals surface area contributed by atoms with Crippen LogP contribution in [0.5, 0.6) is 0 Å². The van der Waals surface area contributed by atoms with Gasteiger partial charge in [-0.05, 0) is 12.1 Å². The third kappa shape index (κ3) is 2.88. The van der Waals surface area contributed by atoms with Crippen molar-refractivity contribution in [2.75, 3.05) is 11.9 Å². The predicted octanol–water partition coefficient (Wildman–Crippen LogP) is 1.43. The minimum absolute atomic E-state index is 0.272. The van der Waals surface area contributed by atoms with Crippen molar-refractivity contribution in [3.63, 3.8) is 0 Å². The van der Waals surface area contributed by atoms with Gasteiger partial charge in [0.25, 0.3) is 0 Å². The van der Waals surface area contributed by atoms with E-state index in [1.165, 1.54) is 12.4 Å². The molecular weight excluding hydrogens is 282 g/mol. The van der Waals surface area contributed by atoms with Crippen molar-refractivity contribution >= 4 is 5.82 Å². The van der Waals surface area contributed by atoms with Crippen molar-refractivity contribution in [1.29, 1.82) is 5.26 Å². The first kappa shape index (κ1) is 13.6. The molecule has 3 aromatic rings. The minimum Gasteiger partial charge on any atom is -0.349 e. The van der Waals surface area contributed by atoms with Crippen LogP contribution in [0.25, 0.3) is 11.4 Å². The van der Waals surface area contributed by atoms with Gasteiger partial charge in [0, 0.05) is 25.0 Å². The third-order valence-corrected chi connectivity index (χ3v) is 2.90. The van der Waals surface area contributed by atoms with Gasteiger partial charge < -0.3 is 9.42 Å². The molecule has 0 saturated heterocycles. The first-order valence-electron chi connectivity index (χ1n) is 6.42. The van der Waals surface area contributed by atoms with Gasteiger partial charge in [0.05, 0.1) is 18.9 Å². The molecule has 22 heavy (non-hydrogen) atoms. The highest BCUT2D eigenvalue weighted by molar-refractivity contribution is 5.51. The number of anilines is 1. The lowest BCUT2D eigenvalue weighted by Gasteiger charge is -2.14. The molecule has 8 heteroatoms. The molecule has 0 radical (unpaired) electrons. The lowest BCUT2D eigenvalue weighted by Crippen LogP contribution is -2.18. The summed E-state index contributed by atoms with van der Waals surface area (Å²) in [5.41, 5.74) is 1.06. The Morgan fingerprint density at radius 3 is 2.86 bits per heavy atom. The molecule has 0 aliphatic heterocycles. The van der Waals surface area contributed by atoms with E-state index in [2.05, 4.69) is 25.1 Å². The molecule has 3 heterocycles. The topological polar surface area (TPSA) is 105 Å². The molecule has 3 rings (SSSR count). The van der Waals surface area contributed by atoms with E-state index in [0.717, 1.165) is 5.56 Å². The molecule has 0 bridgehead atoms. The third-order valence-electron chi connectivity index (χ3n) is 2.90. The second kappa shape index (κ2) is 5.97. The lowest BCUT2D eigenvalue weighted by molar-refractivity contribution is 0.378. The average Bonchev–Trinajstić information content (AvgIpc) is 3.04. The van der Waals surface area contributed by atoms with Gasteiger partial charge in [-0.1, -0.05) is 5.16 Å². The molecule has 0 spiro atoms. The summed E-state index contributed by atoms with van der Waals surface area (Å²) in [4.78, 5) is 18.3. The van der Waals surface area contributed by atoms with Gasteiger partial charge in [0.15, 0.2) is 5.69 Å². The monoisotopic (exact) mass is 293 g/mol. The number of hydrogen-bond donors (Lipinski definition) is 0. The van der Waals surface area contributed by atoms with Crippen LogP contribution in [-0.4, -0.2) is 32.1 Å². The highest BCUT2D eigenvalue weighted by atomic mass is 16.5. The number of nitriles is 1. The van der Waals surface area contributed by atoms with Gasteiger partial charge in [-0.15, -0.1) is 0 Å². The largest absolute Gasteiger partial charge is 0.349 e. The zero-order valence-corrected chi connectivity index (χ0v) is 11.7. The van der Waals surface area contributed by atoms with Crippen molar-refractivity contribution < 1.29 is 4.52 Å². The van der Waals surface area contributed by atoms with E-state index in [4.69, 9.17) is 9.78 Å². The molecule has 0 amide bonds. The van der Waals surface area contributed by atoms with E-state index in [9.17, 15) is 0 Å². The standard InChI is InChI=1S/C14H11N7O/c1-21(12-8-17-11(5-15)7-18-12)9-13-19-14(20-22-13)10-3-2-4-16-6-10/h2-4,6-8H,9H2,1H3. The molecule has 0 atom stereocenters. The van der Waals surface area contributed by atoms with Crippen molar-refractivity contribution in [2.24, 2.45) is 0 Å². The number of rotatable bonds is 4. The van der Waals surface area contributed by atoms with Crippen LogP contribution in [0.1, 0.15) is 11.6 Å². The summed E-state index contributed by atoms with van der Waals surface area (Å²) in [5, 5.41) is 12.6. The van der Waals surface area contributed by atoms with Crippen LogP contribution < -0.4 is 4.90 Å².